The number of halogens is 8. The predicted octanol–water partition coefficient (Wildman–Crippen LogP) is 5.72. The van der Waals surface area contributed by atoms with E-state index in [2.05, 4.69) is 4.28 Å². The van der Waals surface area contributed by atoms with E-state index in [1.54, 1.807) is 0 Å². The molecule has 0 N–H and O–H groups in total. The fraction of sp³-hybridized carbons (Fsp3) is 0.400. The molecular weight excluding hydrogens is 550 g/mol. The summed E-state index contributed by atoms with van der Waals surface area (Å²) in [7, 11) is -7.33. The number of rotatable bonds is 9. The van der Waals surface area contributed by atoms with Gasteiger partial charge in [-0.3, -0.25) is 9.59 Å². The number of alkyl halides is 8. The summed E-state index contributed by atoms with van der Waals surface area (Å²) >= 11 is 1.35. The molecule has 1 aliphatic heterocycles. The average molecular weight is 565 g/mol. The van der Waals surface area contributed by atoms with E-state index in [9.17, 15) is 53.1 Å². The maximum atomic E-state index is 14.2. The fourth-order valence-corrected chi connectivity index (χ4v) is 4.99. The molecule has 2 amide bonds. The third-order valence-electron chi connectivity index (χ3n) is 5.09. The zero-order chi connectivity index (χ0) is 27.5. The maximum Gasteiger partial charge on any atom is 0.440 e. The van der Waals surface area contributed by atoms with E-state index in [1.807, 2.05) is 6.92 Å². The molecule has 3 rings (SSSR count). The van der Waals surface area contributed by atoms with E-state index in [0.29, 0.717) is 16.0 Å². The van der Waals surface area contributed by atoms with Crippen molar-refractivity contribution in [1.29, 1.82) is 0 Å². The zero-order valence-corrected chi connectivity index (χ0v) is 19.8. The lowest BCUT2D eigenvalue weighted by molar-refractivity contribution is -0.344. The maximum absolute atomic E-state index is 14.2. The first-order valence-corrected chi connectivity index (χ1v) is 12.3. The lowest BCUT2D eigenvalue weighted by atomic mass is 9.95. The van der Waals surface area contributed by atoms with Crippen molar-refractivity contribution in [3.8, 4) is 0 Å². The van der Waals surface area contributed by atoms with Crippen molar-refractivity contribution in [2.45, 2.75) is 48.2 Å². The second-order valence-electron chi connectivity index (χ2n) is 7.68. The minimum atomic E-state index is -7.33. The van der Waals surface area contributed by atoms with Gasteiger partial charge in [0, 0.05) is 17.2 Å². The molecule has 1 aliphatic rings. The Balaban J connectivity index is 2.06. The van der Waals surface area contributed by atoms with Gasteiger partial charge in [-0.2, -0.15) is 43.5 Å². The minimum Gasteiger partial charge on any atom is -0.266 e. The van der Waals surface area contributed by atoms with E-state index >= 15 is 0 Å². The van der Waals surface area contributed by atoms with Crippen molar-refractivity contribution in [1.82, 2.24) is 5.06 Å². The summed E-state index contributed by atoms with van der Waals surface area (Å²) in [6.07, 6.45) is 0.757. The highest BCUT2D eigenvalue weighted by Gasteiger charge is 2.84. The number of carbonyl (C=O) groups excluding carboxylic acids is 2. The summed E-state index contributed by atoms with van der Waals surface area (Å²) in [5.41, 5.74) is -0.895. The number of nitrogens with zero attached hydrogens (tertiary/aromatic N) is 1. The third kappa shape index (κ3) is 4.02. The Bertz CT molecular complexity index is 1320. The molecule has 0 saturated carbocycles. The lowest BCUT2D eigenvalue weighted by Crippen LogP contribution is -2.64. The van der Waals surface area contributed by atoms with Crippen LogP contribution in [-0.2, 0) is 14.4 Å². The van der Waals surface area contributed by atoms with Crippen LogP contribution in [0.1, 0.15) is 41.0 Å². The molecule has 0 atom stereocenters. The Kier molecular flexibility index (Phi) is 6.90. The first-order valence-electron chi connectivity index (χ1n) is 9.86. The van der Waals surface area contributed by atoms with Crippen molar-refractivity contribution in [3.63, 3.8) is 0 Å². The van der Waals surface area contributed by atoms with Gasteiger partial charge in [0.05, 0.1) is 11.1 Å². The fourth-order valence-electron chi connectivity index (χ4n) is 3.21. The molecule has 6 nitrogen and oxygen atoms in total. The van der Waals surface area contributed by atoms with Crippen LogP contribution >= 0.6 is 11.8 Å². The summed E-state index contributed by atoms with van der Waals surface area (Å²) < 4.78 is 137. The van der Waals surface area contributed by atoms with Gasteiger partial charge in [-0.15, -0.1) is 21.1 Å². The molecule has 0 aliphatic carbocycles. The number of hydrogen-bond acceptors (Lipinski definition) is 6. The minimum absolute atomic E-state index is 0.0138. The number of hydroxylamine groups is 2. The molecule has 0 spiro atoms. The van der Waals surface area contributed by atoms with Gasteiger partial charge in [0.15, 0.2) is 0 Å². The number of imide groups is 1. The van der Waals surface area contributed by atoms with Crippen LogP contribution < -0.4 is 0 Å². The van der Waals surface area contributed by atoms with Gasteiger partial charge in [0.2, 0.25) is 0 Å². The Labute approximate surface area is 202 Å². The van der Waals surface area contributed by atoms with E-state index in [0.717, 1.165) is 18.6 Å². The van der Waals surface area contributed by atoms with Crippen LogP contribution in [0.5, 0.6) is 0 Å². The van der Waals surface area contributed by atoms with Gasteiger partial charge in [-0.25, -0.2) is 0 Å². The highest BCUT2D eigenvalue weighted by Crippen LogP contribution is 2.54. The first-order chi connectivity index (χ1) is 16.3. The van der Waals surface area contributed by atoms with Gasteiger partial charge in [0.25, 0.3) is 11.8 Å². The van der Waals surface area contributed by atoms with Crippen LogP contribution in [-0.4, -0.2) is 54.1 Å². The molecule has 0 unspecified atom stereocenters. The van der Waals surface area contributed by atoms with E-state index in [1.165, 1.54) is 30.0 Å². The number of benzene rings is 2. The van der Waals surface area contributed by atoms with Gasteiger partial charge in [-0.1, -0.05) is 19.1 Å². The molecule has 0 bridgehead atoms. The number of hydrogen-bond donors (Lipinski definition) is 0. The molecule has 0 fully saturated rings. The predicted molar refractivity (Wildman–Crippen MR) is 111 cm³/mol. The van der Waals surface area contributed by atoms with Crippen molar-refractivity contribution < 1.29 is 57.4 Å². The van der Waals surface area contributed by atoms with Crippen LogP contribution in [0.25, 0.3) is 10.8 Å². The molecule has 0 saturated heterocycles. The second-order valence-corrected chi connectivity index (χ2v) is 10.4. The van der Waals surface area contributed by atoms with Gasteiger partial charge in [-0.05, 0) is 35.8 Å². The van der Waals surface area contributed by atoms with E-state index < -0.39 is 68.1 Å². The van der Waals surface area contributed by atoms with Crippen molar-refractivity contribution in [2.75, 3.05) is 5.75 Å². The van der Waals surface area contributed by atoms with Gasteiger partial charge >= 0.3 is 33.1 Å². The van der Waals surface area contributed by atoms with Crippen LogP contribution in [0.3, 0.4) is 0 Å². The number of amides is 2. The van der Waals surface area contributed by atoms with Crippen molar-refractivity contribution in [2.24, 2.45) is 0 Å². The molecule has 0 aromatic heterocycles. The summed E-state index contributed by atoms with van der Waals surface area (Å²) in [6.45, 7) is 1.06. The molecular formula is C20H15F8NO5S2. The average Bonchev–Trinajstić information content (AvgIpc) is 2.77. The normalized spacial score (nSPS) is 15.7. The molecule has 16 heteroatoms. The Morgan fingerprint density at radius 3 is 1.97 bits per heavy atom. The second kappa shape index (κ2) is 8.83. The highest BCUT2D eigenvalue weighted by atomic mass is 32.2. The third-order valence-corrected chi connectivity index (χ3v) is 7.60. The molecule has 1 heterocycles. The molecule has 36 heavy (non-hydrogen) atoms. The van der Waals surface area contributed by atoms with Gasteiger partial charge < -0.3 is 0 Å². The Morgan fingerprint density at radius 2 is 1.44 bits per heavy atom. The van der Waals surface area contributed by atoms with Crippen molar-refractivity contribution >= 4 is 44.5 Å². The zero-order valence-electron chi connectivity index (χ0n) is 18.1. The molecule has 198 valence electrons. The SMILES string of the molecule is CCCSc1ccc2c3c(cccc13)C(=O)N(OS(=O)(=O)C(F)(F)C(F)(F)C(F)(F)C(C)(F)F)C2=O. The topological polar surface area (TPSA) is 80.8 Å². The molecule has 2 aromatic carbocycles. The van der Waals surface area contributed by atoms with Gasteiger partial charge in [0.1, 0.15) is 0 Å². The summed E-state index contributed by atoms with van der Waals surface area (Å²) in [4.78, 5) is 26.1. The largest absolute Gasteiger partial charge is 0.440 e. The summed E-state index contributed by atoms with van der Waals surface area (Å²) in [5.74, 6) is -22.6. The summed E-state index contributed by atoms with van der Waals surface area (Å²) in [6, 6.07) is 6.35. The van der Waals surface area contributed by atoms with Crippen LogP contribution in [0, 0.1) is 0 Å². The lowest BCUT2D eigenvalue weighted by Gasteiger charge is -2.35. The van der Waals surface area contributed by atoms with Crippen LogP contribution in [0.2, 0.25) is 0 Å². The number of thioether (sulfide) groups is 1. The standard InChI is InChI=1S/C20H15F8NO5S2/c1-3-9-35-13-8-7-12-14-10(13)5-4-6-11(14)15(30)29(16(12)31)34-36(32,33)20(27,28)19(25,26)18(23,24)17(2,21)22/h4-8H,3,9H2,1-2H3. The Morgan fingerprint density at radius 1 is 0.889 bits per heavy atom. The smallest absolute Gasteiger partial charge is 0.266 e. The molecule has 2 aromatic rings. The van der Waals surface area contributed by atoms with Crippen LogP contribution in [0.15, 0.2) is 35.2 Å². The Hall–Kier alpha value is -2.46. The van der Waals surface area contributed by atoms with Crippen molar-refractivity contribution in [3.05, 3.63) is 41.5 Å². The van der Waals surface area contributed by atoms with E-state index in [4.69, 9.17) is 0 Å². The molecule has 0 radical (unpaired) electrons. The monoisotopic (exact) mass is 565 g/mol. The van der Waals surface area contributed by atoms with E-state index in [-0.39, 0.29) is 5.39 Å². The summed E-state index contributed by atoms with van der Waals surface area (Å²) in [5, 5.41) is -7.48. The van der Waals surface area contributed by atoms with Crippen LogP contribution in [0.4, 0.5) is 35.1 Å². The first kappa shape index (κ1) is 28.1. The number of carbonyl (C=O) groups is 2. The quantitative estimate of drug-likeness (QED) is 0.220. The highest BCUT2D eigenvalue weighted by molar-refractivity contribution is 7.99.